The van der Waals surface area contributed by atoms with Crippen LogP contribution in [0.3, 0.4) is 0 Å². The van der Waals surface area contributed by atoms with Gasteiger partial charge in [0, 0.05) is 25.1 Å². The Balaban J connectivity index is 1.30. The van der Waals surface area contributed by atoms with Crippen LogP contribution in [0.15, 0.2) is 91.1 Å². The fourth-order valence-electron chi connectivity index (χ4n) is 5.65. The second-order valence-electron chi connectivity index (χ2n) is 10.7. The first kappa shape index (κ1) is 29.2. The highest BCUT2D eigenvalue weighted by Gasteiger charge is 2.33. The Morgan fingerprint density at radius 1 is 0.976 bits per heavy atom. The highest BCUT2D eigenvalue weighted by atomic mass is 16.5. The molecule has 0 bridgehead atoms. The van der Waals surface area contributed by atoms with Gasteiger partial charge < -0.3 is 25.1 Å². The average molecular weight is 567 g/mol. The monoisotopic (exact) mass is 566 g/mol. The molecule has 0 radical (unpaired) electrons. The Labute approximate surface area is 246 Å². The standard InChI is InChI=1S/C34H38N4O4/c1-23-35-21-29(37-23)30-22-42-28(20-36-30)18-17-24-11-9-10-16-27(24)19-31(39)33(38-34(40)41-2)32(25-12-5-3-6-13-25)26-14-7-4-8-15-26/h3-16,21,28,30,32-33,36H,17-20,22H2,1-2H3,(H,35,37)(H,38,40)/t28-,30+,33-/m1/s1. The van der Waals surface area contributed by atoms with Gasteiger partial charge in [-0.1, -0.05) is 84.9 Å². The van der Waals surface area contributed by atoms with Crippen molar-refractivity contribution in [2.45, 2.75) is 50.3 Å². The molecule has 1 aliphatic heterocycles. The van der Waals surface area contributed by atoms with Gasteiger partial charge >= 0.3 is 6.09 Å². The van der Waals surface area contributed by atoms with Crippen LogP contribution < -0.4 is 10.6 Å². The number of alkyl carbamates (subject to hydrolysis) is 1. The van der Waals surface area contributed by atoms with Crippen molar-refractivity contribution in [3.8, 4) is 0 Å². The minimum Gasteiger partial charge on any atom is -0.453 e. The quantitative estimate of drug-likeness (QED) is 0.235. The van der Waals surface area contributed by atoms with E-state index in [1.54, 1.807) is 0 Å². The van der Waals surface area contributed by atoms with Gasteiger partial charge in [-0.3, -0.25) is 4.79 Å². The van der Waals surface area contributed by atoms with Crippen LogP contribution in [0.4, 0.5) is 4.79 Å². The van der Waals surface area contributed by atoms with Gasteiger partial charge in [-0.15, -0.1) is 0 Å². The number of nitrogens with zero attached hydrogens (tertiary/aromatic N) is 1. The summed E-state index contributed by atoms with van der Waals surface area (Å²) in [5.74, 6) is 0.432. The second-order valence-corrected chi connectivity index (χ2v) is 10.7. The number of amides is 1. The van der Waals surface area contributed by atoms with E-state index in [4.69, 9.17) is 9.47 Å². The lowest BCUT2D eigenvalue weighted by atomic mass is 9.81. The van der Waals surface area contributed by atoms with E-state index in [1.165, 1.54) is 7.11 Å². The largest absolute Gasteiger partial charge is 0.453 e. The van der Waals surface area contributed by atoms with E-state index in [2.05, 4.69) is 26.7 Å². The molecule has 8 nitrogen and oxygen atoms in total. The van der Waals surface area contributed by atoms with Crippen LogP contribution in [0.5, 0.6) is 0 Å². The van der Waals surface area contributed by atoms with Crippen molar-refractivity contribution in [3.63, 3.8) is 0 Å². The van der Waals surface area contributed by atoms with Crippen molar-refractivity contribution >= 4 is 11.9 Å². The van der Waals surface area contributed by atoms with Crippen LogP contribution >= 0.6 is 0 Å². The zero-order chi connectivity index (χ0) is 29.3. The summed E-state index contributed by atoms with van der Waals surface area (Å²) < 4.78 is 11.1. The molecule has 8 heteroatoms. The molecule has 218 valence electrons. The van der Waals surface area contributed by atoms with Gasteiger partial charge in [-0.2, -0.15) is 0 Å². The molecule has 1 fully saturated rings. The number of ketones is 1. The Morgan fingerprint density at radius 3 is 2.19 bits per heavy atom. The molecule has 1 saturated heterocycles. The molecular weight excluding hydrogens is 528 g/mol. The molecule has 3 atom stereocenters. The van der Waals surface area contributed by atoms with Crippen LogP contribution in [0.2, 0.25) is 0 Å². The zero-order valence-electron chi connectivity index (χ0n) is 24.1. The molecular formula is C34H38N4O4. The number of hydrogen-bond donors (Lipinski definition) is 3. The summed E-state index contributed by atoms with van der Waals surface area (Å²) in [5, 5.41) is 6.42. The molecule has 0 spiro atoms. The molecule has 42 heavy (non-hydrogen) atoms. The number of aromatic amines is 1. The smallest absolute Gasteiger partial charge is 0.407 e. The normalized spacial score (nSPS) is 17.5. The van der Waals surface area contributed by atoms with E-state index in [0.29, 0.717) is 6.61 Å². The lowest BCUT2D eigenvalue weighted by Gasteiger charge is -2.30. The second kappa shape index (κ2) is 14.1. The Hall–Kier alpha value is -4.27. The van der Waals surface area contributed by atoms with E-state index < -0.39 is 12.1 Å². The number of nitrogens with one attached hydrogen (secondary N) is 3. The molecule has 0 saturated carbocycles. The zero-order valence-corrected chi connectivity index (χ0v) is 24.1. The van der Waals surface area contributed by atoms with E-state index in [0.717, 1.165) is 53.2 Å². The number of imidazole rings is 1. The van der Waals surface area contributed by atoms with Gasteiger partial charge in [-0.05, 0) is 42.0 Å². The summed E-state index contributed by atoms with van der Waals surface area (Å²) in [7, 11) is 1.31. The average Bonchev–Trinajstić information content (AvgIpc) is 3.47. The fraction of sp³-hybridized carbons (Fsp3) is 0.324. The summed E-state index contributed by atoms with van der Waals surface area (Å²) in [6, 6.07) is 26.9. The van der Waals surface area contributed by atoms with Crippen LogP contribution in [-0.4, -0.2) is 54.3 Å². The number of H-pyrrole nitrogens is 1. The van der Waals surface area contributed by atoms with Crippen LogP contribution in [0, 0.1) is 6.92 Å². The molecule has 2 heterocycles. The maximum Gasteiger partial charge on any atom is 0.407 e. The number of methoxy groups -OCH3 is 1. The minimum atomic E-state index is -0.816. The maximum atomic E-state index is 14.1. The number of aromatic nitrogens is 2. The van der Waals surface area contributed by atoms with Gasteiger partial charge in [0.15, 0.2) is 5.78 Å². The van der Waals surface area contributed by atoms with Crippen molar-refractivity contribution in [1.29, 1.82) is 0 Å². The molecule has 1 amide bonds. The lowest BCUT2D eigenvalue weighted by Crippen LogP contribution is -2.46. The summed E-state index contributed by atoms with van der Waals surface area (Å²) >= 11 is 0. The van der Waals surface area contributed by atoms with Crippen molar-refractivity contribution < 1.29 is 19.1 Å². The van der Waals surface area contributed by atoms with Gasteiger partial charge in [0.1, 0.15) is 11.9 Å². The number of Topliss-reactive ketones (excluding diaryl/α,β-unsaturated/α-hetero) is 1. The molecule has 3 N–H and O–H groups in total. The number of morpholine rings is 1. The predicted molar refractivity (Wildman–Crippen MR) is 161 cm³/mol. The van der Waals surface area contributed by atoms with Crippen molar-refractivity contribution in [1.82, 2.24) is 20.6 Å². The third kappa shape index (κ3) is 7.32. The number of ether oxygens (including phenoxy) is 2. The first-order valence-electron chi connectivity index (χ1n) is 14.4. The summed E-state index contributed by atoms with van der Waals surface area (Å²) in [6.45, 7) is 3.26. The van der Waals surface area contributed by atoms with Crippen LogP contribution in [0.25, 0.3) is 0 Å². The number of benzene rings is 3. The fourth-order valence-corrected chi connectivity index (χ4v) is 5.65. The molecule has 5 rings (SSSR count). The highest BCUT2D eigenvalue weighted by molar-refractivity contribution is 5.90. The van der Waals surface area contributed by atoms with Gasteiger partial charge in [0.25, 0.3) is 0 Å². The summed E-state index contributed by atoms with van der Waals surface area (Å²) in [5.41, 5.74) is 4.98. The van der Waals surface area contributed by atoms with Crippen molar-refractivity contribution in [2.24, 2.45) is 0 Å². The van der Waals surface area contributed by atoms with Crippen LogP contribution in [-0.2, 0) is 27.1 Å². The SMILES string of the molecule is COC(=O)N[C@H](C(=O)Cc1ccccc1CC[C@@H]1CN[C@H](c2cnc(C)[nH]2)CO1)C(c1ccccc1)c1ccccc1. The van der Waals surface area contributed by atoms with E-state index in [9.17, 15) is 9.59 Å². The van der Waals surface area contributed by atoms with E-state index >= 15 is 0 Å². The molecule has 0 unspecified atom stereocenters. The molecule has 4 aromatic rings. The molecule has 3 aromatic carbocycles. The number of carbonyl (C=O) groups is 2. The first-order valence-corrected chi connectivity index (χ1v) is 14.4. The highest BCUT2D eigenvalue weighted by Crippen LogP contribution is 2.30. The van der Waals surface area contributed by atoms with Gasteiger partial charge in [0.05, 0.1) is 31.6 Å². The summed E-state index contributed by atoms with van der Waals surface area (Å²) in [6.07, 6.45) is 3.08. The van der Waals surface area contributed by atoms with Gasteiger partial charge in [0.2, 0.25) is 0 Å². The van der Waals surface area contributed by atoms with Crippen molar-refractivity contribution in [3.05, 3.63) is 125 Å². The predicted octanol–water partition coefficient (Wildman–Crippen LogP) is 5.05. The molecule has 1 aromatic heterocycles. The van der Waals surface area contributed by atoms with Gasteiger partial charge in [-0.25, -0.2) is 9.78 Å². The number of hydrogen-bond acceptors (Lipinski definition) is 6. The lowest BCUT2D eigenvalue weighted by molar-refractivity contribution is -0.120. The molecule has 1 aliphatic rings. The van der Waals surface area contributed by atoms with E-state index in [1.807, 2.05) is 92.0 Å². The Kier molecular flexibility index (Phi) is 9.79. The van der Waals surface area contributed by atoms with Crippen LogP contribution in [0.1, 0.15) is 52.2 Å². The molecule has 0 aliphatic carbocycles. The van der Waals surface area contributed by atoms with Crippen molar-refractivity contribution in [2.75, 3.05) is 20.3 Å². The Bertz CT molecular complexity index is 1410. The maximum absolute atomic E-state index is 14.1. The van der Waals surface area contributed by atoms with E-state index in [-0.39, 0.29) is 30.3 Å². The Morgan fingerprint density at radius 2 is 1.62 bits per heavy atom. The first-order chi connectivity index (χ1) is 20.5. The number of carbonyl (C=O) groups excluding carboxylic acids is 2. The third-order valence-electron chi connectivity index (χ3n) is 7.86. The third-order valence-corrected chi connectivity index (χ3v) is 7.86. The number of aryl methyl sites for hydroxylation is 2. The topological polar surface area (TPSA) is 105 Å². The number of rotatable bonds is 11. The summed E-state index contributed by atoms with van der Waals surface area (Å²) in [4.78, 5) is 34.1. The minimum absolute atomic E-state index is 0.0725.